The maximum Gasteiger partial charge on any atom is 0.262 e. The summed E-state index contributed by atoms with van der Waals surface area (Å²) in [7, 11) is 0. The molecule has 0 amide bonds. The molecule has 0 aliphatic rings. The van der Waals surface area contributed by atoms with Crippen LogP contribution >= 0.6 is 0 Å². The second kappa shape index (κ2) is 4.90. The van der Waals surface area contributed by atoms with Crippen LogP contribution in [0.25, 0.3) is 22.8 Å². The molecule has 0 saturated heterocycles. The van der Waals surface area contributed by atoms with E-state index in [2.05, 4.69) is 10.1 Å². The van der Waals surface area contributed by atoms with Gasteiger partial charge in [0.05, 0.1) is 5.56 Å². The van der Waals surface area contributed by atoms with E-state index in [0.29, 0.717) is 5.56 Å². The van der Waals surface area contributed by atoms with E-state index in [0.717, 1.165) is 5.56 Å². The van der Waals surface area contributed by atoms with Crippen LogP contribution in [0.2, 0.25) is 0 Å². The summed E-state index contributed by atoms with van der Waals surface area (Å²) in [4.78, 5) is 4.14. The van der Waals surface area contributed by atoms with Crippen molar-refractivity contribution in [3.8, 4) is 34.3 Å². The van der Waals surface area contributed by atoms with Crippen LogP contribution < -0.4 is 0 Å². The third-order valence-electron chi connectivity index (χ3n) is 3.08. The Morgan fingerprint density at radius 1 is 1.05 bits per heavy atom. The average molecular weight is 286 g/mol. The standard InChI is InChI=1S/C15H11FN2O3/c1-8-2-3-9(16)6-11(8)14-17-15(21-18-14)12-7-10(19)4-5-13(12)20/h2-7,19-20H,1H3. The van der Waals surface area contributed by atoms with Crippen molar-refractivity contribution in [3.63, 3.8) is 0 Å². The Hall–Kier alpha value is -2.89. The van der Waals surface area contributed by atoms with Crippen LogP contribution in [0.5, 0.6) is 11.5 Å². The number of phenols is 2. The van der Waals surface area contributed by atoms with Crippen molar-refractivity contribution in [2.24, 2.45) is 0 Å². The van der Waals surface area contributed by atoms with Gasteiger partial charge >= 0.3 is 0 Å². The first-order valence-electron chi connectivity index (χ1n) is 6.17. The summed E-state index contributed by atoms with van der Waals surface area (Å²) in [5.41, 5.74) is 1.51. The molecule has 5 nitrogen and oxygen atoms in total. The summed E-state index contributed by atoms with van der Waals surface area (Å²) in [6, 6.07) is 8.25. The van der Waals surface area contributed by atoms with Crippen LogP contribution in [-0.4, -0.2) is 20.4 Å². The zero-order chi connectivity index (χ0) is 15.0. The molecular weight excluding hydrogens is 275 g/mol. The van der Waals surface area contributed by atoms with Crippen LogP contribution in [0, 0.1) is 12.7 Å². The molecule has 2 N–H and O–H groups in total. The number of rotatable bonds is 2. The third kappa shape index (κ3) is 2.43. The number of halogens is 1. The minimum absolute atomic E-state index is 0.0375. The fraction of sp³-hybridized carbons (Fsp3) is 0.0667. The van der Waals surface area contributed by atoms with Gasteiger partial charge in [-0.2, -0.15) is 4.98 Å². The predicted molar refractivity (Wildman–Crippen MR) is 73.2 cm³/mol. The Balaban J connectivity index is 2.08. The molecule has 3 aromatic rings. The Labute approximate surface area is 119 Å². The highest BCUT2D eigenvalue weighted by Gasteiger charge is 2.16. The summed E-state index contributed by atoms with van der Waals surface area (Å²) in [5, 5.41) is 23.0. The van der Waals surface area contributed by atoms with Crippen molar-refractivity contribution in [2.45, 2.75) is 6.92 Å². The van der Waals surface area contributed by atoms with E-state index in [-0.39, 0.29) is 28.8 Å². The highest BCUT2D eigenvalue weighted by Crippen LogP contribution is 2.32. The van der Waals surface area contributed by atoms with Crippen molar-refractivity contribution >= 4 is 0 Å². The lowest BCUT2D eigenvalue weighted by atomic mass is 10.1. The SMILES string of the molecule is Cc1ccc(F)cc1-c1noc(-c2cc(O)ccc2O)n1. The lowest BCUT2D eigenvalue weighted by Crippen LogP contribution is -1.87. The zero-order valence-electron chi connectivity index (χ0n) is 11.0. The number of benzene rings is 2. The predicted octanol–water partition coefficient (Wildman–Crippen LogP) is 3.26. The number of aromatic nitrogens is 2. The van der Waals surface area contributed by atoms with Crippen molar-refractivity contribution in [3.05, 3.63) is 47.8 Å². The van der Waals surface area contributed by atoms with Gasteiger partial charge in [-0.05, 0) is 42.8 Å². The van der Waals surface area contributed by atoms with Crippen molar-refractivity contribution in [2.75, 3.05) is 0 Å². The molecule has 0 fully saturated rings. The molecule has 0 aliphatic heterocycles. The van der Waals surface area contributed by atoms with E-state index in [1.165, 1.54) is 30.3 Å². The van der Waals surface area contributed by atoms with E-state index >= 15 is 0 Å². The molecule has 1 heterocycles. The summed E-state index contributed by atoms with van der Waals surface area (Å²) in [5.74, 6) is -0.280. The van der Waals surface area contributed by atoms with Crippen LogP contribution in [0.15, 0.2) is 40.9 Å². The van der Waals surface area contributed by atoms with Crippen molar-refractivity contribution < 1.29 is 19.1 Å². The molecule has 0 unspecified atom stereocenters. The van der Waals surface area contributed by atoms with E-state index in [9.17, 15) is 14.6 Å². The lowest BCUT2D eigenvalue weighted by molar-refractivity contribution is 0.423. The van der Waals surface area contributed by atoms with Gasteiger partial charge < -0.3 is 14.7 Å². The Kier molecular flexibility index (Phi) is 3.06. The zero-order valence-corrected chi connectivity index (χ0v) is 11.0. The fourth-order valence-corrected chi connectivity index (χ4v) is 1.97. The molecule has 0 aliphatic carbocycles. The second-order valence-corrected chi connectivity index (χ2v) is 4.58. The van der Waals surface area contributed by atoms with Gasteiger partial charge in [0, 0.05) is 5.56 Å². The Morgan fingerprint density at radius 3 is 2.67 bits per heavy atom. The fourth-order valence-electron chi connectivity index (χ4n) is 1.97. The van der Waals surface area contributed by atoms with Crippen molar-refractivity contribution in [1.29, 1.82) is 0 Å². The Bertz CT molecular complexity index is 748. The van der Waals surface area contributed by atoms with Gasteiger partial charge in [-0.15, -0.1) is 0 Å². The van der Waals surface area contributed by atoms with Crippen LogP contribution in [0.3, 0.4) is 0 Å². The maximum atomic E-state index is 13.3. The number of aromatic hydroxyl groups is 2. The maximum absolute atomic E-state index is 13.3. The number of aryl methyl sites for hydroxylation is 1. The molecule has 3 rings (SSSR count). The minimum atomic E-state index is -0.401. The molecule has 21 heavy (non-hydrogen) atoms. The normalized spacial score (nSPS) is 10.8. The third-order valence-corrected chi connectivity index (χ3v) is 3.08. The van der Waals surface area contributed by atoms with Gasteiger partial charge in [-0.1, -0.05) is 11.2 Å². The number of hydrogen-bond donors (Lipinski definition) is 2. The molecule has 0 bridgehead atoms. The van der Waals surface area contributed by atoms with Gasteiger partial charge in [0.15, 0.2) is 0 Å². The monoisotopic (exact) mass is 286 g/mol. The van der Waals surface area contributed by atoms with Gasteiger partial charge in [0.1, 0.15) is 17.3 Å². The number of phenolic OH excluding ortho intramolecular Hbond substituents is 2. The first kappa shape index (κ1) is 13.1. The average Bonchev–Trinajstić information content (AvgIpc) is 2.93. The molecule has 0 atom stereocenters. The number of hydrogen-bond acceptors (Lipinski definition) is 5. The van der Waals surface area contributed by atoms with Crippen LogP contribution in [0.4, 0.5) is 4.39 Å². The molecular formula is C15H11FN2O3. The molecule has 106 valence electrons. The molecule has 2 aromatic carbocycles. The van der Waals surface area contributed by atoms with Crippen molar-refractivity contribution in [1.82, 2.24) is 10.1 Å². The van der Waals surface area contributed by atoms with Crippen LogP contribution in [0.1, 0.15) is 5.56 Å². The lowest BCUT2D eigenvalue weighted by Gasteiger charge is -2.00. The smallest absolute Gasteiger partial charge is 0.262 e. The first-order chi connectivity index (χ1) is 10.0. The summed E-state index contributed by atoms with van der Waals surface area (Å²) >= 11 is 0. The minimum Gasteiger partial charge on any atom is -0.508 e. The van der Waals surface area contributed by atoms with Gasteiger partial charge in [0.25, 0.3) is 5.89 Å². The highest BCUT2D eigenvalue weighted by molar-refractivity contribution is 5.67. The molecule has 0 radical (unpaired) electrons. The quantitative estimate of drug-likeness (QED) is 0.707. The molecule has 0 saturated carbocycles. The van der Waals surface area contributed by atoms with Gasteiger partial charge in [0.2, 0.25) is 5.82 Å². The van der Waals surface area contributed by atoms with E-state index in [4.69, 9.17) is 4.52 Å². The van der Waals surface area contributed by atoms with Crippen LogP contribution in [-0.2, 0) is 0 Å². The van der Waals surface area contributed by atoms with E-state index in [1.54, 1.807) is 13.0 Å². The van der Waals surface area contributed by atoms with E-state index in [1.807, 2.05) is 0 Å². The molecule has 0 spiro atoms. The molecule has 1 aromatic heterocycles. The van der Waals surface area contributed by atoms with Gasteiger partial charge in [-0.3, -0.25) is 0 Å². The summed E-state index contributed by atoms with van der Waals surface area (Å²) in [6.45, 7) is 1.80. The highest BCUT2D eigenvalue weighted by atomic mass is 19.1. The summed E-state index contributed by atoms with van der Waals surface area (Å²) in [6.07, 6.45) is 0. The van der Waals surface area contributed by atoms with E-state index < -0.39 is 5.82 Å². The Morgan fingerprint density at radius 2 is 1.86 bits per heavy atom. The number of nitrogens with zero attached hydrogens (tertiary/aromatic N) is 2. The topological polar surface area (TPSA) is 79.4 Å². The summed E-state index contributed by atoms with van der Waals surface area (Å²) < 4.78 is 18.4. The first-order valence-corrected chi connectivity index (χ1v) is 6.17. The molecule has 6 heteroatoms. The van der Waals surface area contributed by atoms with Gasteiger partial charge in [-0.25, -0.2) is 4.39 Å². The second-order valence-electron chi connectivity index (χ2n) is 4.58. The largest absolute Gasteiger partial charge is 0.508 e.